The number of rotatable bonds is 3. The fourth-order valence-electron chi connectivity index (χ4n) is 3.36. The molecule has 2 N–H and O–H groups in total. The van der Waals surface area contributed by atoms with Crippen molar-refractivity contribution in [3.63, 3.8) is 0 Å². The molecule has 0 spiro atoms. The number of anilines is 1. The van der Waals surface area contributed by atoms with E-state index in [9.17, 15) is 4.79 Å². The molecule has 1 saturated heterocycles. The van der Waals surface area contributed by atoms with Gasteiger partial charge in [0.1, 0.15) is 5.82 Å². The molecule has 2 aromatic carbocycles. The van der Waals surface area contributed by atoms with Gasteiger partial charge in [0.25, 0.3) is 5.91 Å². The minimum absolute atomic E-state index is 0.0712. The second kappa shape index (κ2) is 6.51. The zero-order valence-corrected chi connectivity index (χ0v) is 13.9. The van der Waals surface area contributed by atoms with Gasteiger partial charge in [-0.05, 0) is 42.7 Å². The summed E-state index contributed by atoms with van der Waals surface area (Å²) < 4.78 is 0. The molecule has 2 heterocycles. The Labute approximate surface area is 146 Å². The molecular weight excluding hydrogens is 312 g/mol. The Balaban J connectivity index is 1.43. The highest BCUT2D eigenvalue weighted by Crippen LogP contribution is 2.22. The Kier molecular flexibility index (Phi) is 4.06. The first-order valence-corrected chi connectivity index (χ1v) is 8.54. The minimum Gasteiger partial charge on any atom is -0.399 e. The van der Waals surface area contributed by atoms with Crippen molar-refractivity contribution in [2.24, 2.45) is 5.92 Å². The van der Waals surface area contributed by atoms with Gasteiger partial charge in [-0.1, -0.05) is 18.2 Å². The van der Waals surface area contributed by atoms with E-state index in [1.54, 1.807) is 24.3 Å². The van der Waals surface area contributed by atoms with E-state index in [2.05, 4.69) is 9.97 Å². The number of hydrogen-bond donors (Lipinski definition) is 1. The summed E-state index contributed by atoms with van der Waals surface area (Å²) in [7, 11) is 0. The van der Waals surface area contributed by atoms with E-state index in [-0.39, 0.29) is 5.91 Å². The maximum absolute atomic E-state index is 12.6. The summed E-state index contributed by atoms with van der Waals surface area (Å²) in [6.07, 6.45) is 3.66. The second-order valence-corrected chi connectivity index (χ2v) is 6.58. The van der Waals surface area contributed by atoms with Crippen LogP contribution in [0.25, 0.3) is 10.9 Å². The Morgan fingerprint density at radius 3 is 2.80 bits per heavy atom. The standard InChI is InChI=1S/C20H20N4O/c21-17-7-5-15(6-8-17)20(25)24-10-9-14(13-24)11-19-22-12-16-3-1-2-4-18(16)23-19/h1-8,12,14H,9-11,13,21H2/t14-/m0/s1. The van der Waals surface area contributed by atoms with Crippen LogP contribution in [0.1, 0.15) is 22.6 Å². The number of benzene rings is 2. The molecule has 1 amide bonds. The van der Waals surface area contributed by atoms with Crippen molar-refractivity contribution in [1.82, 2.24) is 14.9 Å². The average Bonchev–Trinajstić information content (AvgIpc) is 3.10. The van der Waals surface area contributed by atoms with E-state index in [1.807, 2.05) is 35.4 Å². The number of para-hydroxylation sites is 1. The summed E-state index contributed by atoms with van der Waals surface area (Å²) in [5.74, 6) is 1.33. The van der Waals surface area contributed by atoms with Crippen molar-refractivity contribution in [2.45, 2.75) is 12.8 Å². The largest absolute Gasteiger partial charge is 0.399 e. The summed E-state index contributed by atoms with van der Waals surface area (Å²) in [4.78, 5) is 23.6. The number of likely N-dealkylation sites (tertiary alicyclic amines) is 1. The van der Waals surface area contributed by atoms with Crippen LogP contribution in [-0.2, 0) is 6.42 Å². The molecule has 0 saturated carbocycles. The highest BCUT2D eigenvalue weighted by Gasteiger charge is 2.27. The molecule has 1 atom stereocenters. The number of nitrogens with zero attached hydrogens (tertiary/aromatic N) is 3. The van der Waals surface area contributed by atoms with Gasteiger partial charge < -0.3 is 10.6 Å². The number of amides is 1. The SMILES string of the molecule is Nc1ccc(C(=O)N2CC[C@@H](Cc3ncc4ccccc4n3)C2)cc1. The van der Waals surface area contributed by atoms with Gasteiger partial charge in [0.15, 0.2) is 0 Å². The fraction of sp³-hybridized carbons (Fsp3) is 0.250. The number of hydrogen-bond acceptors (Lipinski definition) is 4. The van der Waals surface area contributed by atoms with Gasteiger partial charge in [-0.3, -0.25) is 4.79 Å². The van der Waals surface area contributed by atoms with E-state index < -0.39 is 0 Å². The Morgan fingerprint density at radius 1 is 1.16 bits per heavy atom. The zero-order chi connectivity index (χ0) is 17.2. The summed E-state index contributed by atoms with van der Waals surface area (Å²) in [5, 5.41) is 1.05. The van der Waals surface area contributed by atoms with Gasteiger partial charge in [0, 0.05) is 42.3 Å². The molecule has 5 nitrogen and oxygen atoms in total. The maximum Gasteiger partial charge on any atom is 0.253 e. The lowest BCUT2D eigenvalue weighted by atomic mass is 10.0. The van der Waals surface area contributed by atoms with Crippen LogP contribution in [0, 0.1) is 5.92 Å². The van der Waals surface area contributed by atoms with Crippen LogP contribution in [0.5, 0.6) is 0 Å². The van der Waals surface area contributed by atoms with Gasteiger partial charge in [-0.15, -0.1) is 0 Å². The fourth-order valence-corrected chi connectivity index (χ4v) is 3.36. The molecule has 126 valence electrons. The van der Waals surface area contributed by atoms with Crippen molar-refractivity contribution in [1.29, 1.82) is 0 Å². The van der Waals surface area contributed by atoms with Crippen LogP contribution in [0.3, 0.4) is 0 Å². The third kappa shape index (κ3) is 3.31. The van der Waals surface area contributed by atoms with E-state index >= 15 is 0 Å². The van der Waals surface area contributed by atoms with Gasteiger partial charge in [-0.25, -0.2) is 9.97 Å². The molecule has 1 fully saturated rings. The van der Waals surface area contributed by atoms with Crippen molar-refractivity contribution in [3.8, 4) is 0 Å². The molecule has 1 aliphatic heterocycles. The molecule has 4 rings (SSSR count). The average molecular weight is 332 g/mol. The second-order valence-electron chi connectivity index (χ2n) is 6.58. The van der Waals surface area contributed by atoms with Crippen molar-refractivity contribution >= 4 is 22.5 Å². The van der Waals surface area contributed by atoms with Crippen molar-refractivity contribution in [3.05, 3.63) is 66.1 Å². The summed E-state index contributed by atoms with van der Waals surface area (Å²) in [6, 6.07) is 15.1. The predicted molar refractivity (Wildman–Crippen MR) is 98.1 cm³/mol. The van der Waals surface area contributed by atoms with Gasteiger partial charge >= 0.3 is 0 Å². The monoisotopic (exact) mass is 332 g/mol. The number of aromatic nitrogens is 2. The third-order valence-electron chi connectivity index (χ3n) is 4.74. The highest BCUT2D eigenvalue weighted by molar-refractivity contribution is 5.94. The van der Waals surface area contributed by atoms with Crippen molar-refractivity contribution < 1.29 is 4.79 Å². The smallest absolute Gasteiger partial charge is 0.253 e. The van der Waals surface area contributed by atoms with Crippen LogP contribution >= 0.6 is 0 Å². The number of nitrogens with two attached hydrogens (primary N) is 1. The first-order chi connectivity index (χ1) is 12.2. The molecule has 0 aliphatic carbocycles. The Hall–Kier alpha value is -2.95. The van der Waals surface area contributed by atoms with Crippen molar-refractivity contribution in [2.75, 3.05) is 18.8 Å². The molecule has 0 bridgehead atoms. The summed E-state index contributed by atoms with van der Waals surface area (Å²) >= 11 is 0. The van der Waals surface area contributed by atoms with Gasteiger partial charge in [-0.2, -0.15) is 0 Å². The first-order valence-electron chi connectivity index (χ1n) is 8.54. The number of fused-ring (bicyclic) bond motifs is 1. The number of nitrogen functional groups attached to an aromatic ring is 1. The van der Waals surface area contributed by atoms with E-state index in [0.717, 1.165) is 42.7 Å². The molecule has 3 aromatic rings. The lowest BCUT2D eigenvalue weighted by Gasteiger charge is -2.16. The molecule has 5 heteroatoms. The quantitative estimate of drug-likeness (QED) is 0.749. The molecule has 1 aromatic heterocycles. The van der Waals surface area contributed by atoms with Crippen LogP contribution in [0.2, 0.25) is 0 Å². The van der Waals surface area contributed by atoms with Crippen LogP contribution in [0.4, 0.5) is 5.69 Å². The Morgan fingerprint density at radius 2 is 1.96 bits per heavy atom. The summed E-state index contributed by atoms with van der Waals surface area (Å²) in [5.41, 5.74) is 8.02. The topological polar surface area (TPSA) is 72.1 Å². The number of carbonyl (C=O) groups is 1. The normalized spacial score (nSPS) is 17.1. The molecule has 0 radical (unpaired) electrons. The minimum atomic E-state index is 0.0712. The molecule has 0 unspecified atom stereocenters. The van der Waals surface area contributed by atoms with Gasteiger partial charge in [0.05, 0.1) is 5.52 Å². The van der Waals surface area contributed by atoms with E-state index in [0.29, 0.717) is 17.2 Å². The Bertz CT molecular complexity index is 907. The molecule has 25 heavy (non-hydrogen) atoms. The van der Waals surface area contributed by atoms with Crippen LogP contribution in [0.15, 0.2) is 54.7 Å². The zero-order valence-electron chi connectivity index (χ0n) is 13.9. The summed E-state index contributed by atoms with van der Waals surface area (Å²) in [6.45, 7) is 1.53. The van der Waals surface area contributed by atoms with E-state index in [4.69, 9.17) is 5.73 Å². The van der Waals surface area contributed by atoms with Gasteiger partial charge in [0.2, 0.25) is 0 Å². The molecular formula is C20H20N4O. The van der Waals surface area contributed by atoms with Crippen LogP contribution < -0.4 is 5.73 Å². The maximum atomic E-state index is 12.6. The first kappa shape index (κ1) is 15.6. The predicted octanol–water partition coefficient (Wildman–Crippen LogP) is 2.92. The van der Waals surface area contributed by atoms with E-state index in [1.165, 1.54) is 0 Å². The lowest BCUT2D eigenvalue weighted by molar-refractivity contribution is 0.0787. The number of carbonyl (C=O) groups excluding carboxylic acids is 1. The third-order valence-corrected chi connectivity index (χ3v) is 4.74. The molecule has 1 aliphatic rings. The lowest BCUT2D eigenvalue weighted by Crippen LogP contribution is -2.29. The van der Waals surface area contributed by atoms with Crippen LogP contribution in [-0.4, -0.2) is 33.9 Å². The highest BCUT2D eigenvalue weighted by atomic mass is 16.2.